The van der Waals surface area contributed by atoms with Gasteiger partial charge in [0, 0.05) is 11.3 Å². The molecule has 110 valence electrons. The Hall–Kier alpha value is -1.34. The van der Waals surface area contributed by atoms with Gasteiger partial charge in [-0.05, 0) is 24.3 Å². The summed E-state index contributed by atoms with van der Waals surface area (Å²) >= 11 is 15.4. The Labute approximate surface area is 144 Å². The first-order valence-electron chi connectivity index (χ1n) is 6.39. The van der Waals surface area contributed by atoms with Crippen molar-refractivity contribution >= 4 is 52.0 Å². The van der Waals surface area contributed by atoms with Crippen molar-refractivity contribution in [1.82, 2.24) is 14.9 Å². The summed E-state index contributed by atoms with van der Waals surface area (Å²) in [7, 11) is 0. The van der Waals surface area contributed by atoms with Gasteiger partial charge in [-0.3, -0.25) is 0 Å². The number of benzene rings is 1. The van der Waals surface area contributed by atoms with Crippen LogP contribution in [0.3, 0.4) is 0 Å². The zero-order valence-electron chi connectivity index (χ0n) is 11.0. The van der Waals surface area contributed by atoms with Crippen LogP contribution in [0.4, 0.5) is 0 Å². The molecule has 0 spiro atoms. The van der Waals surface area contributed by atoms with Crippen molar-refractivity contribution in [3.8, 4) is 11.4 Å². The predicted molar refractivity (Wildman–Crippen MR) is 92.5 cm³/mol. The van der Waals surface area contributed by atoms with Crippen LogP contribution in [0.5, 0.6) is 0 Å². The Kier molecular flexibility index (Phi) is 3.69. The van der Waals surface area contributed by atoms with E-state index in [9.17, 15) is 0 Å². The average Bonchev–Trinajstić information content (AvgIpc) is 3.13. The van der Waals surface area contributed by atoms with Gasteiger partial charge in [-0.1, -0.05) is 47.1 Å². The van der Waals surface area contributed by atoms with Crippen LogP contribution >= 0.6 is 46.3 Å². The Bertz CT molecular complexity index is 885. The lowest BCUT2D eigenvalue weighted by atomic mass is 10.2. The van der Waals surface area contributed by atoms with Crippen molar-refractivity contribution < 1.29 is 0 Å². The van der Waals surface area contributed by atoms with E-state index >= 15 is 0 Å². The lowest BCUT2D eigenvalue weighted by Gasteiger charge is -2.13. The minimum absolute atomic E-state index is 0.629. The molecule has 0 unspecified atom stereocenters. The monoisotopic (exact) mass is 366 g/mol. The maximum atomic E-state index is 6.26. The second kappa shape index (κ2) is 5.70. The first-order chi connectivity index (χ1) is 10.7. The molecule has 3 heterocycles. The molecule has 0 amide bonds. The van der Waals surface area contributed by atoms with E-state index in [1.54, 1.807) is 16.4 Å². The molecule has 1 aromatic carbocycles. The van der Waals surface area contributed by atoms with Gasteiger partial charge in [-0.2, -0.15) is 9.78 Å². The first kappa shape index (κ1) is 14.3. The Morgan fingerprint density at radius 2 is 1.91 bits per heavy atom. The second-order valence-corrected chi connectivity index (χ2v) is 7.60. The van der Waals surface area contributed by atoms with E-state index in [4.69, 9.17) is 23.2 Å². The highest BCUT2D eigenvalue weighted by Crippen LogP contribution is 2.33. The average molecular weight is 367 g/mol. The van der Waals surface area contributed by atoms with Crippen molar-refractivity contribution in [3.05, 3.63) is 50.6 Å². The quantitative estimate of drug-likeness (QED) is 0.661. The van der Waals surface area contributed by atoms with Crippen molar-refractivity contribution in [2.75, 3.05) is 5.75 Å². The number of thioether (sulfide) groups is 1. The van der Waals surface area contributed by atoms with Gasteiger partial charge in [-0.25, -0.2) is 0 Å². The molecule has 22 heavy (non-hydrogen) atoms. The van der Waals surface area contributed by atoms with Crippen molar-refractivity contribution in [2.45, 2.75) is 5.16 Å². The number of fused-ring (bicyclic) bond motifs is 1. The molecule has 1 aliphatic rings. The number of halogens is 2. The third-order valence-electron chi connectivity index (χ3n) is 3.14. The number of nitrogens with zero attached hydrogens (tertiary/aromatic N) is 4. The summed E-state index contributed by atoms with van der Waals surface area (Å²) in [6.45, 7) is 0. The molecule has 0 aliphatic carbocycles. The lowest BCUT2D eigenvalue weighted by molar-refractivity contribution is 0.763. The summed E-state index contributed by atoms with van der Waals surface area (Å²) in [5, 5.41) is 14.5. The maximum Gasteiger partial charge on any atom is 0.212 e. The van der Waals surface area contributed by atoms with Gasteiger partial charge in [0.05, 0.1) is 19.9 Å². The fourth-order valence-electron chi connectivity index (χ4n) is 2.13. The van der Waals surface area contributed by atoms with Gasteiger partial charge in [-0.15, -0.1) is 21.5 Å². The van der Waals surface area contributed by atoms with E-state index in [0.29, 0.717) is 10.8 Å². The number of thiophene rings is 1. The molecular weight excluding hydrogens is 359 g/mol. The second-order valence-electron chi connectivity index (χ2n) is 4.54. The molecule has 2 aromatic heterocycles. The highest BCUT2D eigenvalue weighted by atomic mass is 35.5. The van der Waals surface area contributed by atoms with Crippen LogP contribution in [0, 0.1) is 0 Å². The molecule has 0 fully saturated rings. The highest BCUT2D eigenvalue weighted by Gasteiger charge is 2.22. The highest BCUT2D eigenvalue weighted by molar-refractivity contribution is 7.99. The maximum absolute atomic E-state index is 6.26. The summed E-state index contributed by atoms with van der Waals surface area (Å²) in [5.41, 5.74) is 1.78. The van der Waals surface area contributed by atoms with Crippen LogP contribution in [0.15, 0.2) is 46.7 Å². The largest absolute Gasteiger partial charge is 0.212 e. The Morgan fingerprint density at radius 1 is 1.05 bits per heavy atom. The van der Waals surface area contributed by atoms with Crippen LogP contribution in [0.25, 0.3) is 11.4 Å². The van der Waals surface area contributed by atoms with Crippen LogP contribution < -0.4 is 0 Å². The molecule has 1 aliphatic heterocycles. The Balaban J connectivity index is 1.83. The Morgan fingerprint density at radius 3 is 2.68 bits per heavy atom. The SMILES string of the molecule is Clc1ccc(C2=Nn3c(nnc3-c3ccccc3Cl)SC2)s1. The van der Waals surface area contributed by atoms with Gasteiger partial charge in [0.1, 0.15) is 0 Å². The molecule has 4 rings (SSSR count). The standard InChI is InChI=1S/C14H8Cl2N4S2/c15-9-4-2-1-3-8(9)13-17-18-14-20(13)19-10(7-21-14)11-5-6-12(16)22-11/h1-6H,7H2. The van der Waals surface area contributed by atoms with E-state index in [2.05, 4.69) is 15.3 Å². The summed E-state index contributed by atoms with van der Waals surface area (Å²) < 4.78 is 2.50. The van der Waals surface area contributed by atoms with Gasteiger partial charge >= 0.3 is 0 Å². The van der Waals surface area contributed by atoms with Gasteiger partial charge < -0.3 is 0 Å². The predicted octanol–water partition coefficient (Wildman–Crippen LogP) is 4.67. The van der Waals surface area contributed by atoms with E-state index in [0.717, 1.165) is 31.4 Å². The van der Waals surface area contributed by atoms with Crippen molar-refractivity contribution in [1.29, 1.82) is 0 Å². The normalized spacial score (nSPS) is 13.8. The molecule has 0 saturated carbocycles. The smallest absolute Gasteiger partial charge is 0.186 e. The zero-order chi connectivity index (χ0) is 15.1. The fraction of sp³-hybridized carbons (Fsp3) is 0.0714. The van der Waals surface area contributed by atoms with E-state index < -0.39 is 0 Å². The number of hydrogen-bond acceptors (Lipinski definition) is 5. The summed E-state index contributed by atoms with van der Waals surface area (Å²) in [4.78, 5) is 1.06. The molecule has 0 bridgehead atoms. The summed E-state index contributed by atoms with van der Waals surface area (Å²) in [6.07, 6.45) is 0. The lowest BCUT2D eigenvalue weighted by Crippen LogP contribution is -2.12. The molecular formula is C14H8Cl2N4S2. The third kappa shape index (κ3) is 2.46. The fourth-order valence-corrected chi connectivity index (χ4v) is 4.29. The first-order valence-corrected chi connectivity index (χ1v) is 8.95. The summed E-state index contributed by atoms with van der Waals surface area (Å²) in [6, 6.07) is 11.4. The van der Waals surface area contributed by atoms with E-state index in [1.165, 1.54) is 11.3 Å². The number of aromatic nitrogens is 3. The third-order valence-corrected chi connectivity index (χ3v) is 5.68. The van der Waals surface area contributed by atoms with Gasteiger partial charge in [0.15, 0.2) is 5.82 Å². The molecule has 4 nitrogen and oxygen atoms in total. The molecule has 0 radical (unpaired) electrons. The minimum Gasteiger partial charge on any atom is -0.186 e. The van der Waals surface area contributed by atoms with Crippen molar-refractivity contribution in [3.63, 3.8) is 0 Å². The van der Waals surface area contributed by atoms with Gasteiger partial charge in [0.2, 0.25) is 5.16 Å². The van der Waals surface area contributed by atoms with E-state index in [-0.39, 0.29) is 0 Å². The van der Waals surface area contributed by atoms with Crippen LogP contribution in [-0.2, 0) is 0 Å². The van der Waals surface area contributed by atoms with Gasteiger partial charge in [0.25, 0.3) is 0 Å². The topological polar surface area (TPSA) is 43.1 Å². The molecule has 0 atom stereocenters. The minimum atomic E-state index is 0.629. The van der Waals surface area contributed by atoms with Crippen LogP contribution in [-0.4, -0.2) is 26.3 Å². The molecule has 0 saturated heterocycles. The number of hydrogen-bond donors (Lipinski definition) is 0. The molecule has 0 N–H and O–H groups in total. The summed E-state index contributed by atoms with van der Waals surface area (Å²) in [5.74, 6) is 1.39. The molecule has 3 aromatic rings. The van der Waals surface area contributed by atoms with Crippen LogP contribution in [0.2, 0.25) is 9.36 Å². The van der Waals surface area contributed by atoms with E-state index in [1.807, 2.05) is 36.4 Å². The molecule has 8 heteroatoms. The van der Waals surface area contributed by atoms with Crippen molar-refractivity contribution in [2.24, 2.45) is 5.10 Å². The zero-order valence-corrected chi connectivity index (χ0v) is 14.2. The number of rotatable bonds is 2. The van der Waals surface area contributed by atoms with Crippen LogP contribution in [0.1, 0.15) is 4.88 Å².